The third-order valence-corrected chi connectivity index (χ3v) is 4.67. The lowest BCUT2D eigenvalue weighted by molar-refractivity contribution is -0.0552. The molecule has 4 N–H and O–H groups in total. The second kappa shape index (κ2) is 3.43. The quantitative estimate of drug-likeness (QED) is 0.660. The van der Waals surface area contributed by atoms with Gasteiger partial charge in [0.1, 0.15) is 35.0 Å². The van der Waals surface area contributed by atoms with Gasteiger partial charge in [-0.25, -0.2) is 4.98 Å². The van der Waals surface area contributed by atoms with E-state index in [0.717, 1.165) is 0 Å². The molecule has 1 aliphatic heterocycles. The number of anilines is 1. The number of hydrogen-bond donors (Lipinski definition) is 3. The van der Waals surface area contributed by atoms with Crippen LogP contribution in [0.1, 0.15) is 19.6 Å². The molecule has 0 radical (unpaired) electrons. The fourth-order valence-electron chi connectivity index (χ4n) is 3.11. The van der Waals surface area contributed by atoms with Crippen LogP contribution < -0.4 is 5.73 Å². The Morgan fingerprint density at radius 1 is 1.55 bits per heavy atom. The van der Waals surface area contributed by atoms with Gasteiger partial charge in [-0.05, 0) is 24.6 Å². The van der Waals surface area contributed by atoms with E-state index in [4.69, 9.17) is 22.1 Å². The van der Waals surface area contributed by atoms with Crippen LogP contribution in [0.15, 0.2) is 12.3 Å². The number of aromatic nitrogens is 3. The van der Waals surface area contributed by atoms with Crippen LogP contribution in [0.2, 0.25) is 5.28 Å². The van der Waals surface area contributed by atoms with Gasteiger partial charge in [0.2, 0.25) is 5.28 Å². The molecule has 2 fully saturated rings. The van der Waals surface area contributed by atoms with Crippen LogP contribution in [0.4, 0.5) is 5.82 Å². The molecule has 0 aromatic carbocycles. The van der Waals surface area contributed by atoms with Gasteiger partial charge in [-0.1, -0.05) is 0 Å². The first-order valence-corrected chi connectivity index (χ1v) is 6.62. The predicted molar refractivity (Wildman–Crippen MR) is 71.1 cm³/mol. The van der Waals surface area contributed by atoms with E-state index >= 15 is 0 Å². The predicted octanol–water partition coefficient (Wildman–Crippen LogP) is 0.450. The molecule has 1 saturated heterocycles. The lowest BCUT2D eigenvalue weighted by Crippen LogP contribution is -2.20. The van der Waals surface area contributed by atoms with Crippen molar-refractivity contribution in [2.24, 2.45) is 0 Å². The number of nitrogen functional groups attached to an aromatic ring is 1. The van der Waals surface area contributed by atoms with Crippen molar-refractivity contribution in [2.45, 2.75) is 36.9 Å². The summed E-state index contributed by atoms with van der Waals surface area (Å²) >= 11 is 5.83. The summed E-state index contributed by atoms with van der Waals surface area (Å²) < 4.78 is 7.54. The highest BCUT2D eigenvalue weighted by Crippen LogP contribution is 2.62. The van der Waals surface area contributed by atoms with Gasteiger partial charge in [0, 0.05) is 12.6 Å². The van der Waals surface area contributed by atoms with E-state index < -0.39 is 23.5 Å². The monoisotopic (exact) mass is 296 g/mol. The van der Waals surface area contributed by atoms with E-state index in [9.17, 15) is 10.2 Å². The molecule has 0 bridgehead atoms. The zero-order valence-corrected chi connectivity index (χ0v) is 11.4. The number of halogens is 1. The maximum atomic E-state index is 10.3. The summed E-state index contributed by atoms with van der Waals surface area (Å²) in [6, 6.07) is 1.77. The summed E-state index contributed by atoms with van der Waals surface area (Å²) in [5.74, 6) is 0.298. The van der Waals surface area contributed by atoms with Gasteiger partial charge >= 0.3 is 0 Å². The summed E-state index contributed by atoms with van der Waals surface area (Å²) in [7, 11) is 0. The van der Waals surface area contributed by atoms with Gasteiger partial charge in [-0.15, -0.1) is 0 Å². The Morgan fingerprint density at radius 2 is 2.30 bits per heavy atom. The molecule has 7 nitrogen and oxygen atoms in total. The van der Waals surface area contributed by atoms with Gasteiger partial charge in [-0.3, -0.25) is 0 Å². The van der Waals surface area contributed by atoms with Gasteiger partial charge < -0.3 is 25.3 Å². The second-order valence-corrected chi connectivity index (χ2v) is 5.89. The maximum absolute atomic E-state index is 10.3. The van der Waals surface area contributed by atoms with Crippen molar-refractivity contribution < 1.29 is 14.9 Å². The molecule has 0 spiro atoms. The van der Waals surface area contributed by atoms with E-state index in [2.05, 4.69) is 9.97 Å². The first-order chi connectivity index (χ1) is 9.37. The molecule has 2 aliphatic rings. The maximum Gasteiger partial charge on any atom is 0.226 e. The van der Waals surface area contributed by atoms with Crippen LogP contribution in [0.25, 0.3) is 11.0 Å². The van der Waals surface area contributed by atoms with Gasteiger partial charge in [0.05, 0.1) is 5.39 Å². The standard InChI is InChI=1S/C12H13ClN4O3/c1-11-9(18)12(11,19)4-6(20-11)17-3-2-5-7(14)15-10(13)16-8(5)17/h2-3,6,9,18-19H,4H2,1H3,(H2,14,15,16)/t6-,9?,11-,12-/m1/s1. The van der Waals surface area contributed by atoms with Crippen LogP contribution in [-0.2, 0) is 4.74 Å². The fourth-order valence-corrected chi connectivity index (χ4v) is 3.28. The molecule has 1 aliphatic carbocycles. The van der Waals surface area contributed by atoms with Crippen molar-refractivity contribution in [1.82, 2.24) is 14.5 Å². The van der Waals surface area contributed by atoms with E-state index in [0.29, 0.717) is 16.9 Å². The van der Waals surface area contributed by atoms with Gasteiger partial charge in [-0.2, -0.15) is 4.98 Å². The summed E-state index contributed by atoms with van der Waals surface area (Å²) in [6.07, 6.45) is 0.781. The van der Waals surface area contributed by atoms with Crippen molar-refractivity contribution in [3.05, 3.63) is 17.5 Å². The molecular formula is C12H13ClN4O3. The third-order valence-electron chi connectivity index (χ3n) is 4.50. The Bertz CT molecular complexity index is 717. The zero-order valence-electron chi connectivity index (χ0n) is 10.6. The van der Waals surface area contributed by atoms with Crippen molar-refractivity contribution in [3.63, 3.8) is 0 Å². The first kappa shape index (κ1) is 12.3. The fraction of sp³-hybridized carbons (Fsp3) is 0.500. The minimum atomic E-state index is -1.20. The third kappa shape index (κ3) is 1.26. The smallest absolute Gasteiger partial charge is 0.226 e. The molecule has 4 atom stereocenters. The van der Waals surface area contributed by atoms with E-state index in [1.807, 2.05) is 0 Å². The van der Waals surface area contributed by atoms with Crippen LogP contribution >= 0.6 is 11.6 Å². The summed E-state index contributed by atoms with van der Waals surface area (Å²) in [5.41, 5.74) is 4.23. The van der Waals surface area contributed by atoms with Crippen molar-refractivity contribution in [2.75, 3.05) is 5.73 Å². The lowest BCUT2D eigenvalue weighted by Gasteiger charge is -2.19. The Morgan fingerprint density at radius 3 is 2.95 bits per heavy atom. The molecule has 1 saturated carbocycles. The second-order valence-electron chi connectivity index (χ2n) is 5.55. The molecule has 8 heteroatoms. The van der Waals surface area contributed by atoms with Crippen LogP contribution in [0.5, 0.6) is 0 Å². The molecule has 106 valence electrons. The Hall–Kier alpha value is -1.41. The number of hydrogen-bond acceptors (Lipinski definition) is 6. The van der Waals surface area contributed by atoms with Crippen molar-refractivity contribution in [3.8, 4) is 0 Å². The minimum Gasteiger partial charge on any atom is -0.387 e. The van der Waals surface area contributed by atoms with Crippen molar-refractivity contribution in [1.29, 1.82) is 0 Å². The van der Waals surface area contributed by atoms with Gasteiger partial charge in [0.15, 0.2) is 0 Å². The molecule has 0 amide bonds. The van der Waals surface area contributed by atoms with E-state index in [1.54, 1.807) is 23.8 Å². The minimum absolute atomic E-state index is 0.0584. The number of aliphatic hydroxyl groups excluding tert-OH is 1. The number of nitrogens with two attached hydrogens (primary N) is 1. The largest absolute Gasteiger partial charge is 0.387 e. The topological polar surface area (TPSA) is 106 Å². The van der Waals surface area contributed by atoms with E-state index in [1.165, 1.54) is 0 Å². The number of nitrogens with zero attached hydrogens (tertiary/aromatic N) is 3. The number of rotatable bonds is 1. The normalized spacial score (nSPS) is 39.2. The summed E-state index contributed by atoms with van der Waals surface area (Å²) in [6.45, 7) is 1.69. The highest BCUT2D eigenvalue weighted by atomic mass is 35.5. The van der Waals surface area contributed by atoms with Crippen LogP contribution in [-0.4, -0.2) is 42.1 Å². The van der Waals surface area contributed by atoms with Crippen molar-refractivity contribution >= 4 is 28.5 Å². The number of aliphatic hydroxyl groups is 2. The average Bonchev–Trinajstić information content (AvgIpc) is 2.78. The number of ether oxygens (including phenoxy) is 1. The lowest BCUT2D eigenvalue weighted by atomic mass is 10.2. The summed E-state index contributed by atoms with van der Waals surface area (Å²) in [4.78, 5) is 8.05. The van der Waals surface area contributed by atoms with Crippen LogP contribution in [0.3, 0.4) is 0 Å². The first-order valence-electron chi connectivity index (χ1n) is 6.24. The summed E-state index contributed by atoms with van der Waals surface area (Å²) in [5, 5.41) is 20.7. The average molecular weight is 297 g/mol. The molecule has 2 aromatic rings. The molecule has 4 rings (SSSR count). The molecule has 2 aromatic heterocycles. The SMILES string of the molecule is C[C@]12O[C@@H](n3ccc4c(N)nc(Cl)nc43)C[C@@]1(O)C2O. The molecular weight excluding hydrogens is 284 g/mol. The number of fused-ring (bicyclic) bond motifs is 2. The Labute approximate surface area is 118 Å². The molecule has 3 heterocycles. The Kier molecular flexibility index (Phi) is 2.11. The highest BCUT2D eigenvalue weighted by molar-refractivity contribution is 6.28. The van der Waals surface area contributed by atoms with Crippen LogP contribution in [0, 0.1) is 0 Å². The molecule has 1 unspecified atom stereocenters. The zero-order chi connectivity index (χ0) is 14.3. The highest BCUT2D eigenvalue weighted by Gasteiger charge is 2.80. The van der Waals surface area contributed by atoms with E-state index in [-0.39, 0.29) is 11.7 Å². The van der Waals surface area contributed by atoms with Gasteiger partial charge in [0.25, 0.3) is 0 Å². The Balaban J connectivity index is 1.78. The molecule has 20 heavy (non-hydrogen) atoms.